The zero-order chi connectivity index (χ0) is 38.1. The number of benzene rings is 4. The Kier molecular flexibility index (Phi) is 16.6. The number of rotatable bonds is 11. The molecule has 1 N–H and O–H groups in total. The topological polar surface area (TPSA) is 50.2 Å². The number of hydrogen-bond donors (Lipinski definition) is 1. The molecule has 0 saturated carbocycles. The van der Waals surface area contributed by atoms with Crippen molar-refractivity contribution in [1.82, 2.24) is 4.98 Å². The van der Waals surface area contributed by atoms with Crippen LogP contribution in [0.15, 0.2) is 115 Å². The Morgan fingerprint density at radius 3 is 1.77 bits per heavy atom. The summed E-state index contributed by atoms with van der Waals surface area (Å²) in [6, 6.07) is 34.5. The van der Waals surface area contributed by atoms with E-state index in [4.69, 9.17) is 0 Å². The maximum atomic E-state index is 14.4. The number of fused-ring (bicyclic) bond motifs is 1. The predicted octanol–water partition coefficient (Wildman–Crippen LogP) is 10.4. The van der Waals surface area contributed by atoms with Gasteiger partial charge in [-0.05, 0) is 25.7 Å². The number of allylic oxidation sites excluding steroid dienone is 2. The molecule has 53 heavy (non-hydrogen) atoms. The van der Waals surface area contributed by atoms with Gasteiger partial charge >= 0.3 is 225 Å². The molecule has 0 saturated heterocycles. The first-order chi connectivity index (χ1) is 24.7. The minimum Gasteiger partial charge on any atom is -0.512 e. The van der Waals surface area contributed by atoms with Crippen LogP contribution in [0.4, 0.5) is 13.2 Å². The number of alkyl halides is 3. The molecule has 0 aliphatic heterocycles. The second-order valence-corrected chi connectivity index (χ2v) is 22.5. The van der Waals surface area contributed by atoms with E-state index in [1.165, 1.54) is 6.08 Å². The molecular formula is C45H50BiF3IrNO2-. The third kappa shape index (κ3) is 11.4. The summed E-state index contributed by atoms with van der Waals surface area (Å²) >= 11 is -3.34. The van der Waals surface area contributed by atoms with E-state index in [2.05, 4.69) is 37.9 Å². The Bertz CT molecular complexity index is 1910. The number of aromatic nitrogens is 1. The number of halogens is 3. The molecule has 1 heterocycles. The number of carbonyl (C=O) groups excluding carboxylic acids is 1. The van der Waals surface area contributed by atoms with Crippen LogP contribution < -0.4 is 9.81 Å². The van der Waals surface area contributed by atoms with Gasteiger partial charge in [-0.1, -0.05) is 27.7 Å². The molecule has 0 aliphatic carbocycles. The fraction of sp³-hybridized carbons (Fsp3) is 0.333. The number of pyridine rings is 1. The second kappa shape index (κ2) is 19.9. The number of aliphatic hydroxyl groups excluding tert-OH is 1. The first-order valence-electron chi connectivity index (χ1n) is 18.1. The van der Waals surface area contributed by atoms with Crippen molar-refractivity contribution >= 4 is 48.1 Å². The Hall–Kier alpha value is -3.18. The molecule has 4 aromatic carbocycles. The molecule has 0 aliphatic rings. The van der Waals surface area contributed by atoms with Gasteiger partial charge in [-0.2, -0.15) is 0 Å². The van der Waals surface area contributed by atoms with E-state index >= 15 is 0 Å². The summed E-state index contributed by atoms with van der Waals surface area (Å²) in [6.45, 7) is 14.5. The molecule has 8 heteroatoms. The summed E-state index contributed by atoms with van der Waals surface area (Å²) in [5.74, 6) is 0.547. The number of nitrogens with zero attached hydrogens (tertiary/aromatic N) is 1. The molecule has 5 aromatic rings. The van der Waals surface area contributed by atoms with Gasteiger partial charge in [0.05, 0.1) is 5.76 Å². The average Bonchev–Trinajstić information content (AvgIpc) is 3.12. The molecule has 1 radical (unpaired) electrons. The van der Waals surface area contributed by atoms with E-state index in [1.807, 2.05) is 113 Å². The van der Waals surface area contributed by atoms with Gasteiger partial charge in [-0.3, -0.25) is 4.79 Å². The Labute approximate surface area is 335 Å². The van der Waals surface area contributed by atoms with Crippen LogP contribution in [0, 0.1) is 17.9 Å². The molecule has 0 unspecified atom stereocenters. The van der Waals surface area contributed by atoms with Crippen LogP contribution in [0.5, 0.6) is 0 Å². The quantitative estimate of drug-likeness (QED) is 0.0621. The van der Waals surface area contributed by atoms with Crippen molar-refractivity contribution in [2.75, 3.05) is 0 Å². The molecule has 283 valence electrons. The van der Waals surface area contributed by atoms with Gasteiger partial charge in [0.1, 0.15) is 0 Å². The summed E-state index contributed by atoms with van der Waals surface area (Å²) < 4.78 is 45.5. The largest absolute Gasteiger partial charge is 0.512 e. The third-order valence-electron chi connectivity index (χ3n) is 9.40. The summed E-state index contributed by atoms with van der Waals surface area (Å²) in [4.78, 5) is 16.1. The van der Waals surface area contributed by atoms with Crippen molar-refractivity contribution in [1.29, 1.82) is 0 Å². The fourth-order valence-corrected chi connectivity index (χ4v) is 16.0. The predicted molar refractivity (Wildman–Crippen MR) is 211 cm³/mol. The Morgan fingerprint density at radius 2 is 1.28 bits per heavy atom. The number of hydrogen-bond acceptors (Lipinski definition) is 3. The third-order valence-corrected chi connectivity index (χ3v) is 19.0. The molecule has 5 rings (SSSR count). The van der Waals surface area contributed by atoms with E-state index in [0.29, 0.717) is 14.5 Å². The van der Waals surface area contributed by atoms with Crippen molar-refractivity contribution in [3.8, 4) is 11.3 Å². The first kappa shape index (κ1) is 44.2. The molecule has 0 spiro atoms. The molecule has 0 fully saturated rings. The van der Waals surface area contributed by atoms with Crippen LogP contribution in [0.1, 0.15) is 85.3 Å². The van der Waals surface area contributed by atoms with Crippen molar-refractivity contribution in [2.24, 2.45) is 11.8 Å². The minimum atomic E-state index is -4.50. The molecule has 0 amide bonds. The van der Waals surface area contributed by atoms with Gasteiger partial charge in [-0.15, -0.1) is 0 Å². The van der Waals surface area contributed by atoms with Crippen LogP contribution in [-0.2, 0) is 36.5 Å². The number of aliphatic hydroxyl groups is 1. The van der Waals surface area contributed by atoms with Gasteiger partial charge in [0.15, 0.2) is 5.78 Å². The maximum Gasteiger partial charge on any atom is 0.162 e. The summed E-state index contributed by atoms with van der Waals surface area (Å²) in [7, 11) is 0. The van der Waals surface area contributed by atoms with Crippen molar-refractivity contribution < 1.29 is 43.2 Å². The van der Waals surface area contributed by atoms with E-state index in [1.54, 1.807) is 6.07 Å². The Balaban J connectivity index is 0.000000403. The maximum absolute atomic E-state index is 14.4. The van der Waals surface area contributed by atoms with Crippen LogP contribution in [0.2, 0.25) is 0 Å². The van der Waals surface area contributed by atoms with Gasteiger partial charge < -0.3 is 5.11 Å². The average molecular weight is 1100 g/mol. The van der Waals surface area contributed by atoms with Crippen molar-refractivity contribution in [3.05, 3.63) is 132 Å². The summed E-state index contributed by atoms with van der Waals surface area (Å²) in [6.07, 6.45) is 1.43. The van der Waals surface area contributed by atoms with Crippen molar-refractivity contribution in [2.45, 2.75) is 85.7 Å². The van der Waals surface area contributed by atoms with Crippen LogP contribution in [0.3, 0.4) is 0 Å². The molecular weight excluding hydrogens is 1040 g/mol. The summed E-state index contributed by atoms with van der Waals surface area (Å²) in [5, 5.41) is 11.8. The SMILES string of the molecule is CC(C)(C)c1cc(-c2c[c]([Bi]([c]3ccccc3)[c]3ccccc3)c(C(F)(F)F)cn2)[c-]c2ccccc12.CCC(CC)C(=O)/C=C(\O)C(CC)CC.[Ir]. The van der Waals surface area contributed by atoms with Crippen LogP contribution in [0.25, 0.3) is 22.0 Å². The van der Waals surface area contributed by atoms with Gasteiger partial charge in [0.2, 0.25) is 0 Å². The normalized spacial score (nSPS) is 12.1. The van der Waals surface area contributed by atoms with Crippen molar-refractivity contribution in [3.63, 3.8) is 0 Å². The number of carbonyl (C=O) groups is 1. The number of ketones is 1. The monoisotopic (exact) mass is 1100 g/mol. The van der Waals surface area contributed by atoms with E-state index in [9.17, 15) is 23.1 Å². The second-order valence-electron chi connectivity index (χ2n) is 14.0. The molecule has 1 aromatic heterocycles. The first-order valence-corrected chi connectivity index (χ1v) is 23.3. The zero-order valence-corrected chi connectivity index (χ0v) is 37.5. The van der Waals surface area contributed by atoms with E-state index in [-0.39, 0.29) is 48.9 Å². The van der Waals surface area contributed by atoms with E-state index < -0.39 is 33.5 Å². The fourth-order valence-electron chi connectivity index (χ4n) is 6.35. The van der Waals surface area contributed by atoms with Gasteiger partial charge in [0.25, 0.3) is 0 Å². The Morgan fingerprint density at radius 1 is 0.774 bits per heavy atom. The minimum absolute atomic E-state index is 0. The van der Waals surface area contributed by atoms with E-state index in [0.717, 1.165) is 54.8 Å². The molecule has 0 bridgehead atoms. The van der Waals surface area contributed by atoms with Crippen LogP contribution >= 0.6 is 0 Å². The smallest absolute Gasteiger partial charge is 0.162 e. The van der Waals surface area contributed by atoms with Crippen LogP contribution in [-0.4, -0.2) is 37.6 Å². The molecule has 3 nitrogen and oxygen atoms in total. The summed E-state index contributed by atoms with van der Waals surface area (Å²) in [5.41, 5.74) is 1.55. The van der Waals surface area contributed by atoms with Gasteiger partial charge in [-0.25, -0.2) is 0 Å². The van der Waals surface area contributed by atoms with Gasteiger partial charge in [0, 0.05) is 38.0 Å². The molecule has 0 atom stereocenters. The zero-order valence-electron chi connectivity index (χ0n) is 31.6. The standard InChI is InChI=1S/C20H16F3N.C13H24O2.2C6H5.Bi.Ir/c1-19(2,3)17-11-14(10-13-6-4-5-7-16(13)17)18-9-8-15(12-24-18)20(21,22)23;1-5-10(6-2)12(14)9-13(15)11(7-3)8-4;2*1-2-4-6-5-3-1;;/h4-7,9,11-12H,1-3H3;9-11,14H,5-8H2,1-4H3;2*1-5H;;/q-1;;;;;/b;12-9-;;;;.